The molecule has 0 saturated heterocycles. The second-order valence-corrected chi connectivity index (χ2v) is 23.8. The first-order chi connectivity index (χ1) is 37.0. The molecular formula is C69H134O6. The average Bonchev–Trinajstić information content (AvgIpc) is 3.41. The summed E-state index contributed by atoms with van der Waals surface area (Å²) < 4.78 is 16.9. The topological polar surface area (TPSA) is 78.9 Å². The molecule has 0 aliphatic carbocycles. The van der Waals surface area contributed by atoms with Crippen LogP contribution in [0.1, 0.15) is 406 Å². The Morgan fingerprint density at radius 1 is 0.213 bits per heavy atom. The SMILES string of the molecule is CCCCCCCCCCCCCCCCCCCCCCCCCCCCCCCCCCCCC(=O)OCC(COC(=O)CCCCCCCCC)OC(=O)CCCCCCCCCCCCCCCCCC. The second-order valence-electron chi connectivity index (χ2n) is 23.8. The van der Waals surface area contributed by atoms with E-state index in [4.69, 9.17) is 14.2 Å². The molecule has 0 radical (unpaired) electrons. The van der Waals surface area contributed by atoms with Gasteiger partial charge in [0, 0.05) is 19.3 Å². The summed E-state index contributed by atoms with van der Waals surface area (Å²) in [6.45, 7) is 6.68. The molecular weight excluding hydrogens is 925 g/mol. The van der Waals surface area contributed by atoms with Crippen LogP contribution in [-0.4, -0.2) is 37.2 Å². The Kier molecular flexibility index (Phi) is 63.6. The van der Waals surface area contributed by atoms with Crippen LogP contribution in [0.2, 0.25) is 0 Å². The van der Waals surface area contributed by atoms with E-state index < -0.39 is 6.10 Å². The maximum atomic E-state index is 12.8. The van der Waals surface area contributed by atoms with Crippen molar-refractivity contribution in [3.8, 4) is 0 Å². The Hall–Kier alpha value is -1.59. The first-order valence-corrected chi connectivity index (χ1v) is 34.5. The lowest BCUT2D eigenvalue weighted by Crippen LogP contribution is -2.30. The monoisotopic (exact) mass is 1060 g/mol. The number of hydrogen-bond donors (Lipinski definition) is 0. The molecule has 1 unspecified atom stereocenters. The van der Waals surface area contributed by atoms with Gasteiger partial charge in [0.25, 0.3) is 0 Å². The molecule has 0 rings (SSSR count). The summed E-state index contributed by atoms with van der Waals surface area (Å²) in [5.41, 5.74) is 0. The largest absolute Gasteiger partial charge is 0.462 e. The zero-order valence-corrected chi connectivity index (χ0v) is 51.4. The van der Waals surface area contributed by atoms with E-state index in [0.29, 0.717) is 19.3 Å². The molecule has 0 bridgehead atoms. The van der Waals surface area contributed by atoms with Crippen molar-refractivity contribution in [1.82, 2.24) is 0 Å². The third kappa shape index (κ3) is 63.1. The van der Waals surface area contributed by atoms with E-state index in [1.165, 1.54) is 308 Å². The normalized spacial score (nSPS) is 11.9. The van der Waals surface area contributed by atoms with Crippen molar-refractivity contribution < 1.29 is 28.6 Å². The first kappa shape index (κ1) is 73.4. The van der Waals surface area contributed by atoms with Crippen molar-refractivity contribution in [3.05, 3.63) is 0 Å². The number of carbonyl (C=O) groups is 3. The summed E-state index contributed by atoms with van der Waals surface area (Å²) in [7, 11) is 0. The molecule has 6 heteroatoms. The summed E-state index contributed by atoms with van der Waals surface area (Å²) in [6.07, 6.45) is 76.1. The van der Waals surface area contributed by atoms with Gasteiger partial charge in [-0.05, 0) is 19.3 Å². The van der Waals surface area contributed by atoms with E-state index >= 15 is 0 Å². The molecule has 0 aromatic carbocycles. The molecule has 6 nitrogen and oxygen atoms in total. The lowest BCUT2D eigenvalue weighted by Gasteiger charge is -2.18. The van der Waals surface area contributed by atoms with Crippen molar-refractivity contribution in [2.45, 2.75) is 412 Å². The third-order valence-corrected chi connectivity index (χ3v) is 16.1. The molecule has 75 heavy (non-hydrogen) atoms. The highest BCUT2D eigenvalue weighted by atomic mass is 16.6. The molecule has 0 aliphatic heterocycles. The predicted molar refractivity (Wildman–Crippen MR) is 326 cm³/mol. The van der Waals surface area contributed by atoms with Gasteiger partial charge < -0.3 is 14.2 Å². The molecule has 0 aliphatic rings. The van der Waals surface area contributed by atoms with Crippen LogP contribution in [0, 0.1) is 0 Å². The van der Waals surface area contributed by atoms with Gasteiger partial charge in [-0.15, -0.1) is 0 Å². The summed E-state index contributed by atoms with van der Waals surface area (Å²) >= 11 is 0. The molecule has 1 atom stereocenters. The highest BCUT2D eigenvalue weighted by Crippen LogP contribution is 2.19. The van der Waals surface area contributed by atoms with E-state index in [1.807, 2.05) is 0 Å². The van der Waals surface area contributed by atoms with Crippen LogP contribution in [0.4, 0.5) is 0 Å². The Morgan fingerprint density at radius 2 is 0.360 bits per heavy atom. The number of esters is 3. The molecule has 446 valence electrons. The lowest BCUT2D eigenvalue weighted by atomic mass is 10.0. The van der Waals surface area contributed by atoms with Crippen molar-refractivity contribution in [2.24, 2.45) is 0 Å². The quantitative estimate of drug-likeness (QED) is 0.0343. The van der Waals surface area contributed by atoms with Crippen LogP contribution in [0.5, 0.6) is 0 Å². The summed E-state index contributed by atoms with van der Waals surface area (Å²) in [5, 5.41) is 0. The van der Waals surface area contributed by atoms with Gasteiger partial charge in [0.1, 0.15) is 13.2 Å². The number of unbranched alkanes of at least 4 members (excludes halogenated alkanes) is 54. The fourth-order valence-electron chi connectivity index (χ4n) is 10.9. The zero-order valence-electron chi connectivity index (χ0n) is 51.4. The summed E-state index contributed by atoms with van der Waals surface area (Å²) in [5.74, 6) is -0.837. The van der Waals surface area contributed by atoms with Crippen LogP contribution >= 0.6 is 0 Å². The summed E-state index contributed by atoms with van der Waals surface area (Å²) in [6, 6.07) is 0. The van der Waals surface area contributed by atoms with Gasteiger partial charge in [-0.2, -0.15) is 0 Å². The van der Waals surface area contributed by atoms with Gasteiger partial charge in [-0.1, -0.05) is 367 Å². The smallest absolute Gasteiger partial charge is 0.306 e. The molecule has 0 heterocycles. The minimum Gasteiger partial charge on any atom is -0.462 e. The Balaban J connectivity index is 3.88. The van der Waals surface area contributed by atoms with Gasteiger partial charge in [-0.25, -0.2) is 0 Å². The Bertz CT molecular complexity index is 1120. The van der Waals surface area contributed by atoms with Crippen LogP contribution in [0.15, 0.2) is 0 Å². The molecule has 0 fully saturated rings. The number of rotatable bonds is 65. The van der Waals surface area contributed by atoms with E-state index in [2.05, 4.69) is 20.8 Å². The van der Waals surface area contributed by atoms with E-state index in [1.54, 1.807) is 0 Å². The average molecular weight is 1060 g/mol. The van der Waals surface area contributed by atoms with Crippen LogP contribution in [0.25, 0.3) is 0 Å². The van der Waals surface area contributed by atoms with Crippen molar-refractivity contribution in [2.75, 3.05) is 13.2 Å². The highest BCUT2D eigenvalue weighted by molar-refractivity contribution is 5.71. The van der Waals surface area contributed by atoms with Gasteiger partial charge in [0.2, 0.25) is 0 Å². The van der Waals surface area contributed by atoms with Crippen molar-refractivity contribution >= 4 is 17.9 Å². The molecule has 0 spiro atoms. The zero-order chi connectivity index (χ0) is 54.3. The van der Waals surface area contributed by atoms with Gasteiger partial charge in [0.15, 0.2) is 6.10 Å². The van der Waals surface area contributed by atoms with Crippen LogP contribution in [-0.2, 0) is 28.6 Å². The predicted octanol–water partition coefficient (Wildman–Crippen LogP) is 23.5. The molecule has 0 aromatic rings. The molecule has 0 aromatic heterocycles. The third-order valence-electron chi connectivity index (χ3n) is 16.1. The minimum absolute atomic E-state index is 0.0616. The first-order valence-electron chi connectivity index (χ1n) is 34.5. The van der Waals surface area contributed by atoms with Crippen molar-refractivity contribution in [3.63, 3.8) is 0 Å². The fourth-order valence-corrected chi connectivity index (χ4v) is 10.9. The Labute approximate surface area is 469 Å². The fraction of sp³-hybridized carbons (Fsp3) is 0.957. The number of carbonyl (C=O) groups excluding carboxylic acids is 3. The number of ether oxygens (including phenoxy) is 3. The molecule has 0 saturated carbocycles. The second kappa shape index (κ2) is 64.9. The Morgan fingerprint density at radius 3 is 0.533 bits per heavy atom. The molecule has 0 amide bonds. The maximum absolute atomic E-state index is 12.8. The van der Waals surface area contributed by atoms with Crippen molar-refractivity contribution in [1.29, 1.82) is 0 Å². The maximum Gasteiger partial charge on any atom is 0.306 e. The number of hydrogen-bond acceptors (Lipinski definition) is 6. The lowest BCUT2D eigenvalue weighted by molar-refractivity contribution is -0.167. The van der Waals surface area contributed by atoms with Gasteiger partial charge >= 0.3 is 17.9 Å². The van der Waals surface area contributed by atoms with Crippen LogP contribution in [0.3, 0.4) is 0 Å². The standard InChI is InChI=1S/C69H134O6/c1-4-7-10-13-16-18-20-22-24-26-27-28-29-30-31-32-33-34-35-36-37-38-39-40-41-42-43-45-46-48-50-53-56-59-62-68(71)74-65-66(64-73-67(70)61-58-55-52-15-12-9-6-3)75-69(72)63-60-57-54-51-49-47-44-25-23-21-19-17-14-11-8-5-2/h66H,4-65H2,1-3H3. The molecule has 0 N–H and O–H groups in total. The van der Waals surface area contributed by atoms with Crippen LogP contribution < -0.4 is 0 Å². The highest BCUT2D eigenvalue weighted by Gasteiger charge is 2.19. The van der Waals surface area contributed by atoms with E-state index in [9.17, 15) is 14.4 Å². The van der Waals surface area contributed by atoms with E-state index in [0.717, 1.165) is 57.8 Å². The minimum atomic E-state index is -0.761. The van der Waals surface area contributed by atoms with Gasteiger partial charge in [-0.3, -0.25) is 14.4 Å². The summed E-state index contributed by atoms with van der Waals surface area (Å²) in [4.78, 5) is 38.0. The van der Waals surface area contributed by atoms with Gasteiger partial charge in [0.05, 0.1) is 0 Å². The van der Waals surface area contributed by atoms with E-state index in [-0.39, 0.29) is 31.1 Å².